The minimum atomic E-state index is -1.13. The lowest BCUT2D eigenvalue weighted by Gasteiger charge is -2.28. The number of hydrogen-bond acceptors (Lipinski definition) is 10. The van der Waals surface area contributed by atoms with Crippen molar-refractivity contribution >= 4 is 39.3 Å². The van der Waals surface area contributed by atoms with Crippen molar-refractivity contribution in [3.8, 4) is 17.5 Å². The molecule has 2 fully saturated rings. The van der Waals surface area contributed by atoms with Crippen LogP contribution < -0.4 is 15.8 Å². The molecule has 6 rings (SSSR count). The molecule has 0 radical (unpaired) electrons. The lowest BCUT2D eigenvalue weighted by molar-refractivity contribution is -0.148. The maximum absolute atomic E-state index is 13.8. The Bertz CT molecular complexity index is 1540. The number of allylic oxidation sites excluding steroid dienone is 1. The molecule has 3 aromatic heterocycles. The Hall–Kier alpha value is -3.84. The van der Waals surface area contributed by atoms with Gasteiger partial charge in [0.05, 0.1) is 25.2 Å². The number of nitrogens with one attached hydrogen (secondary N) is 1. The Balaban J connectivity index is 1.29. The molecule has 5 atom stereocenters. The highest BCUT2D eigenvalue weighted by Crippen LogP contribution is 2.46. The number of amides is 2. The summed E-state index contributed by atoms with van der Waals surface area (Å²) in [5.41, 5.74) is 5.95. The van der Waals surface area contributed by atoms with Crippen LogP contribution in [0.1, 0.15) is 44.9 Å². The lowest BCUT2D eigenvalue weighted by atomic mass is 10.1. The summed E-state index contributed by atoms with van der Waals surface area (Å²) in [6.07, 6.45) is 11.8. The molecule has 3 aromatic rings. The number of rotatable bonds is 4. The predicted molar refractivity (Wildman–Crippen MR) is 155 cm³/mol. The molecule has 3 N–H and O–H groups in total. The van der Waals surface area contributed by atoms with Gasteiger partial charge in [-0.25, -0.2) is 14.8 Å². The third kappa shape index (κ3) is 5.26. The molecule has 1 saturated carbocycles. The Morgan fingerprint density at radius 1 is 1.24 bits per heavy atom. The zero-order chi connectivity index (χ0) is 29.4. The third-order valence-electron chi connectivity index (χ3n) is 8.40. The fraction of sp³-hybridized carbons (Fsp3) is 0.517. The van der Waals surface area contributed by atoms with Gasteiger partial charge >= 0.3 is 5.97 Å². The van der Waals surface area contributed by atoms with Crippen LogP contribution in [0.3, 0.4) is 0 Å². The number of thiophene rings is 1. The highest BCUT2D eigenvalue weighted by molar-refractivity contribution is 7.17. The monoisotopic (exact) mass is 593 g/mol. The van der Waals surface area contributed by atoms with Gasteiger partial charge < -0.3 is 30.0 Å². The van der Waals surface area contributed by atoms with Crippen LogP contribution in [-0.2, 0) is 26.2 Å². The van der Waals surface area contributed by atoms with Crippen LogP contribution in [0.2, 0.25) is 0 Å². The molecule has 0 bridgehead atoms. The van der Waals surface area contributed by atoms with E-state index in [1.165, 1.54) is 23.3 Å². The smallest absolute Gasteiger partial charge is 0.332 e. The van der Waals surface area contributed by atoms with Crippen LogP contribution in [0.25, 0.3) is 21.9 Å². The first-order valence-electron chi connectivity index (χ1n) is 14.3. The van der Waals surface area contributed by atoms with E-state index in [0.29, 0.717) is 30.4 Å². The van der Waals surface area contributed by atoms with Gasteiger partial charge in [-0.2, -0.15) is 4.98 Å². The van der Waals surface area contributed by atoms with E-state index < -0.39 is 35.6 Å². The number of imidazole rings is 1. The van der Waals surface area contributed by atoms with Crippen molar-refractivity contribution < 1.29 is 23.9 Å². The van der Waals surface area contributed by atoms with Crippen LogP contribution >= 0.6 is 11.3 Å². The van der Waals surface area contributed by atoms with E-state index >= 15 is 0 Å². The van der Waals surface area contributed by atoms with E-state index in [-0.39, 0.29) is 24.8 Å². The Morgan fingerprint density at radius 3 is 2.88 bits per heavy atom. The van der Waals surface area contributed by atoms with Crippen LogP contribution in [0.15, 0.2) is 36.0 Å². The molecule has 12 nitrogen and oxygen atoms in total. The molecular formula is C29H35N7O5S. The van der Waals surface area contributed by atoms with Gasteiger partial charge in [0.15, 0.2) is 11.6 Å². The highest BCUT2D eigenvalue weighted by atomic mass is 32.1. The van der Waals surface area contributed by atoms with Crippen molar-refractivity contribution in [2.75, 3.05) is 13.7 Å². The number of fused-ring (bicyclic) bond motifs is 3. The van der Waals surface area contributed by atoms with Gasteiger partial charge in [0, 0.05) is 31.8 Å². The molecule has 2 aliphatic heterocycles. The second-order valence-corrected chi connectivity index (χ2v) is 12.2. The number of aromatic nitrogens is 4. The summed E-state index contributed by atoms with van der Waals surface area (Å²) in [5.74, 6) is 0.0152. The second kappa shape index (κ2) is 11.4. The molecule has 1 saturated heterocycles. The third-order valence-corrected chi connectivity index (χ3v) is 9.29. The van der Waals surface area contributed by atoms with Crippen LogP contribution in [0, 0.1) is 5.92 Å². The topological polar surface area (TPSA) is 155 Å². The highest BCUT2D eigenvalue weighted by Gasteiger charge is 2.62. The fourth-order valence-electron chi connectivity index (χ4n) is 5.97. The first kappa shape index (κ1) is 28.3. The number of hydrogen-bond donors (Lipinski definition) is 2. The van der Waals surface area contributed by atoms with Gasteiger partial charge in [0.2, 0.25) is 17.7 Å². The molecule has 0 unspecified atom stereocenters. The van der Waals surface area contributed by atoms with E-state index in [1.807, 2.05) is 35.3 Å². The van der Waals surface area contributed by atoms with Gasteiger partial charge in [0.1, 0.15) is 22.4 Å². The Kier molecular flexibility index (Phi) is 7.71. The summed E-state index contributed by atoms with van der Waals surface area (Å²) in [6.45, 7) is 0.161. The fourth-order valence-corrected chi connectivity index (χ4v) is 6.73. The standard InChI is InChI=1S/C29H35N7O5S/c1-35-12-11-31-24(35)23-32-20-10-13-42-22(20)26(33-23)41-18-14-21-25(37)34-29(28(39)40-2)15-17(29)8-6-4-3-5-7-9-19(30)27(38)36(21)16-18/h6,8,10-13,17-19,21H,3-5,7,9,14-16,30H2,1-2H3,(H,34,37)/b8-6-/t17-,18-,19+,21+,29-/m1/s1. The zero-order valence-electron chi connectivity index (χ0n) is 23.7. The quantitative estimate of drug-likeness (QED) is 0.343. The molecule has 222 valence electrons. The van der Waals surface area contributed by atoms with E-state index in [0.717, 1.165) is 35.9 Å². The minimum Gasteiger partial charge on any atom is -0.471 e. The molecule has 3 aliphatic rings. The van der Waals surface area contributed by atoms with Crippen molar-refractivity contribution in [1.82, 2.24) is 29.7 Å². The first-order valence-corrected chi connectivity index (χ1v) is 15.2. The van der Waals surface area contributed by atoms with Crippen LogP contribution in [-0.4, -0.2) is 79.6 Å². The first-order chi connectivity index (χ1) is 20.3. The van der Waals surface area contributed by atoms with Crippen molar-refractivity contribution in [3.63, 3.8) is 0 Å². The van der Waals surface area contributed by atoms with E-state index in [1.54, 1.807) is 6.20 Å². The largest absolute Gasteiger partial charge is 0.471 e. The molecule has 0 aromatic carbocycles. The number of carbonyl (C=O) groups is 3. The molecule has 0 spiro atoms. The van der Waals surface area contributed by atoms with Crippen molar-refractivity contribution in [3.05, 3.63) is 36.0 Å². The summed E-state index contributed by atoms with van der Waals surface area (Å²) < 4.78 is 14.1. The average Bonchev–Trinajstić information content (AvgIpc) is 3.38. The molecule has 1 aliphatic carbocycles. The Labute approximate surface area is 247 Å². The van der Waals surface area contributed by atoms with Gasteiger partial charge in [-0.05, 0) is 37.1 Å². The number of nitrogens with two attached hydrogens (primary N) is 1. The van der Waals surface area contributed by atoms with Crippen molar-refractivity contribution in [2.45, 2.75) is 68.7 Å². The van der Waals surface area contributed by atoms with Crippen molar-refractivity contribution in [2.24, 2.45) is 18.7 Å². The van der Waals surface area contributed by atoms with Crippen LogP contribution in [0.4, 0.5) is 0 Å². The number of nitrogens with zero attached hydrogens (tertiary/aromatic N) is 5. The maximum Gasteiger partial charge on any atom is 0.332 e. The average molecular weight is 594 g/mol. The SMILES string of the molecule is COC(=O)[C@@]12C[C@H]1/C=C\CCCCC[C@H](N)C(=O)N1C[C@H](Oc3nc(-c4nccn4C)nc4ccsc34)C[C@H]1C(=O)N2. The summed E-state index contributed by atoms with van der Waals surface area (Å²) in [7, 11) is 3.18. The molecule has 42 heavy (non-hydrogen) atoms. The number of ether oxygens (including phenoxy) is 2. The van der Waals surface area contributed by atoms with Gasteiger partial charge in [0.25, 0.3) is 0 Å². The molecule has 2 amide bonds. The normalized spacial score (nSPS) is 29.2. The Morgan fingerprint density at radius 2 is 2.10 bits per heavy atom. The van der Waals surface area contributed by atoms with Gasteiger partial charge in [-0.3, -0.25) is 9.59 Å². The molecule has 5 heterocycles. The number of esters is 1. The minimum absolute atomic E-state index is 0.156. The number of aryl methyl sites for hydroxylation is 1. The maximum atomic E-state index is 13.8. The number of methoxy groups -OCH3 is 1. The summed E-state index contributed by atoms with van der Waals surface area (Å²) in [6, 6.07) is 0.295. The lowest BCUT2D eigenvalue weighted by Crippen LogP contribution is -2.55. The second-order valence-electron chi connectivity index (χ2n) is 11.3. The van der Waals surface area contributed by atoms with E-state index in [2.05, 4.69) is 21.4 Å². The summed E-state index contributed by atoms with van der Waals surface area (Å²) in [4.78, 5) is 55.5. The van der Waals surface area contributed by atoms with Gasteiger partial charge in [-0.1, -0.05) is 25.0 Å². The summed E-state index contributed by atoms with van der Waals surface area (Å²) in [5, 5.41) is 4.86. The van der Waals surface area contributed by atoms with Crippen LogP contribution in [0.5, 0.6) is 5.88 Å². The molecule has 13 heteroatoms. The molecular weight excluding hydrogens is 558 g/mol. The van der Waals surface area contributed by atoms with E-state index in [4.69, 9.17) is 20.2 Å². The summed E-state index contributed by atoms with van der Waals surface area (Å²) >= 11 is 1.45. The van der Waals surface area contributed by atoms with Gasteiger partial charge in [-0.15, -0.1) is 11.3 Å². The number of carbonyl (C=O) groups excluding carboxylic acids is 3. The van der Waals surface area contributed by atoms with Crippen molar-refractivity contribution in [1.29, 1.82) is 0 Å². The predicted octanol–water partition coefficient (Wildman–Crippen LogP) is 2.34. The van der Waals surface area contributed by atoms with E-state index in [9.17, 15) is 14.4 Å². The zero-order valence-corrected chi connectivity index (χ0v) is 24.5.